The van der Waals surface area contributed by atoms with E-state index in [-0.39, 0.29) is 30.1 Å². The molecule has 0 aliphatic carbocycles. The fourth-order valence-electron chi connectivity index (χ4n) is 5.94. The van der Waals surface area contributed by atoms with Gasteiger partial charge in [-0.15, -0.1) is 0 Å². The first-order valence-corrected chi connectivity index (χ1v) is 17.5. The maximum atomic E-state index is 14.6. The Balaban J connectivity index is 1.15. The first-order chi connectivity index (χ1) is 23.5. The number of esters is 1. The summed E-state index contributed by atoms with van der Waals surface area (Å²) in [7, 11) is -4.32. The predicted molar refractivity (Wildman–Crippen MR) is 179 cm³/mol. The van der Waals surface area contributed by atoms with E-state index in [0.29, 0.717) is 16.6 Å². The van der Waals surface area contributed by atoms with Crippen molar-refractivity contribution in [2.45, 2.75) is 63.7 Å². The Bertz CT molecular complexity index is 2040. The van der Waals surface area contributed by atoms with E-state index in [2.05, 4.69) is 20.0 Å². The number of carbonyl (C=O) groups is 1. The standard InChI is InChI=1S/C33H34ClN6O8P/c1-19(31(41)43-16-20-10-5-4-6-11-20)39-49(42,48-23-15-9-13-21-12-7-8-14-22(21)23)44-17-24-26-27(47-33(2,3)46-26)30(45-24)40-29-25(38-32(40)34)28(35)36-18-37-29/h4-15,18-19,24,26-27,30H,16-17H2,1-3H3,(H,39,42)(H2,35,36,37)/t19-,24+,26+,27+,30+,49?/m0/s1. The molecule has 2 fully saturated rings. The molecule has 5 aromatic rings. The van der Waals surface area contributed by atoms with Gasteiger partial charge in [0.2, 0.25) is 5.28 Å². The Morgan fingerprint density at radius 1 is 1.06 bits per heavy atom. The number of imidazole rings is 1. The van der Waals surface area contributed by atoms with Crippen molar-refractivity contribution in [3.05, 3.63) is 90.0 Å². The number of aromatic nitrogens is 4. The van der Waals surface area contributed by atoms with Crippen molar-refractivity contribution in [2.75, 3.05) is 12.3 Å². The average Bonchev–Trinajstić information content (AvgIpc) is 3.70. The third kappa shape index (κ3) is 6.86. The third-order valence-corrected chi connectivity index (χ3v) is 10.0. The number of rotatable bonds is 11. The van der Waals surface area contributed by atoms with Gasteiger partial charge in [-0.05, 0) is 49.4 Å². The van der Waals surface area contributed by atoms with Crippen LogP contribution in [0.15, 0.2) is 79.1 Å². The molecule has 0 radical (unpaired) electrons. The number of nitrogens with two attached hydrogens (primary N) is 1. The summed E-state index contributed by atoms with van der Waals surface area (Å²) >= 11 is 6.57. The number of halogens is 1. The molecule has 7 rings (SSSR count). The normalized spacial score (nSPS) is 23.3. The molecule has 16 heteroatoms. The van der Waals surface area contributed by atoms with Crippen LogP contribution in [0.2, 0.25) is 5.28 Å². The van der Waals surface area contributed by atoms with Gasteiger partial charge in [0.05, 0.1) is 6.61 Å². The summed E-state index contributed by atoms with van der Waals surface area (Å²) in [4.78, 5) is 25.7. The van der Waals surface area contributed by atoms with Crippen molar-refractivity contribution < 1.29 is 37.4 Å². The second-order valence-electron chi connectivity index (χ2n) is 12.1. The minimum absolute atomic E-state index is 0.0383. The van der Waals surface area contributed by atoms with E-state index in [1.165, 1.54) is 13.3 Å². The summed E-state index contributed by atoms with van der Waals surface area (Å²) in [6, 6.07) is 21.0. The van der Waals surface area contributed by atoms with E-state index in [0.717, 1.165) is 10.9 Å². The van der Waals surface area contributed by atoms with Crippen LogP contribution in [0.25, 0.3) is 21.9 Å². The van der Waals surface area contributed by atoms with Crippen LogP contribution in [-0.4, -0.2) is 62.2 Å². The van der Waals surface area contributed by atoms with E-state index >= 15 is 0 Å². The Morgan fingerprint density at radius 3 is 2.61 bits per heavy atom. The maximum absolute atomic E-state index is 14.6. The lowest BCUT2D eigenvalue weighted by Crippen LogP contribution is -2.37. The lowest BCUT2D eigenvalue weighted by atomic mass is 10.1. The van der Waals surface area contributed by atoms with Crippen molar-refractivity contribution in [1.82, 2.24) is 24.6 Å². The second-order valence-corrected chi connectivity index (χ2v) is 14.1. The molecule has 2 aromatic heterocycles. The summed E-state index contributed by atoms with van der Waals surface area (Å²) in [5.74, 6) is -1.20. The van der Waals surface area contributed by atoms with Gasteiger partial charge in [0.15, 0.2) is 29.0 Å². The van der Waals surface area contributed by atoms with Crippen LogP contribution in [0.1, 0.15) is 32.6 Å². The topological polar surface area (TPSA) is 171 Å². The molecule has 256 valence electrons. The number of ether oxygens (including phenoxy) is 4. The number of hydrogen-bond donors (Lipinski definition) is 2. The van der Waals surface area contributed by atoms with E-state index < -0.39 is 50.1 Å². The monoisotopic (exact) mass is 708 g/mol. The van der Waals surface area contributed by atoms with Gasteiger partial charge in [0.25, 0.3) is 0 Å². The van der Waals surface area contributed by atoms with Crippen LogP contribution in [0.4, 0.5) is 5.82 Å². The molecule has 0 spiro atoms. The van der Waals surface area contributed by atoms with Crippen molar-refractivity contribution in [2.24, 2.45) is 0 Å². The first-order valence-electron chi connectivity index (χ1n) is 15.6. The summed E-state index contributed by atoms with van der Waals surface area (Å²) < 4.78 is 52.7. The molecule has 3 N–H and O–H groups in total. The predicted octanol–water partition coefficient (Wildman–Crippen LogP) is 5.56. The molecule has 0 saturated carbocycles. The molecular formula is C33H34ClN6O8P. The molecular weight excluding hydrogens is 675 g/mol. The summed E-state index contributed by atoms with van der Waals surface area (Å²) in [5.41, 5.74) is 7.47. The maximum Gasteiger partial charge on any atom is 0.459 e. The number of nitrogen functional groups attached to an aromatic ring is 1. The molecule has 2 aliphatic heterocycles. The number of carbonyl (C=O) groups excluding carboxylic acids is 1. The highest BCUT2D eigenvalue weighted by molar-refractivity contribution is 7.52. The quantitative estimate of drug-likeness (QED) is 0.0994. The zero-order valence-electron chi connectivity index (χ0n) is 26.8. The van der Waals surface area contributed by atoms with Gasteiger partial charge < -0.3 is 29.2 Å². The van der Waals surface area contributed by atoms with Crippen LogP contribution >= 0.6 is 19.3 Å². The number of hydrogen-bond acceptors (Lipinski definition) is 12. The number of nitrogens with one attached hydrogen (secondary N) is 1. The van der Waals surface area contributed by atoms with E-state index in [9.17, 15) is 9.36 Å². The van der Waals surface area contributed by atoms with Crippen molar-refractivity contribution in [1.29, 1.82) is 0 Å². The van der Waals surface area contributed by atoms with Crippen LogP contribution in [0.5, 0.6) is 5.75 Å². The Hall–Kier alpha value is -4.14. The van der Waals surface area contributed by atoms with E-state index in [1.807, 2.05) is 60.7 Å². The van der Waals surface area contributed by atoms with Gasteiger partial charge in [-0.25, -0.2) is 19.5 Å². The Kier molecular flexibility index (Phi) is 9.05. The van der Waals surface area contributed by atoms with Gasteiger partial charge in [-0.3, -0.25) is 13.9 Å². The average molecular weight is 709 g/mol. The molecule has 14 nitrogen and oxygen atoms in total. The highest BCUT2D eigenvalue weighted by Gasteiger charge is 2.57. The van der Waals surface area contributed by atoms with Crippen LogP contribution in [0, 0.1) is 0 Å². The lowest BCUT2D eigenvalue weighted by Gasteiger charge is -2.27. The highest BCUT2D eigenvalue weighted by atomic mass is 35.5. The fraction of sp³-hybridized carbons (Fsp3) is 0.333. The summed E-state index contributed by atoms with van der Waals surface area (Å²) in [6.45, 7) is 4.81. The Morgan fingerprint density at radius 2 is 1.80 bits per heavy atom. The van der Waals surface area contributed by atoms with Crippen LogP contribution in [-0.2, 0) is 39.4 Å². The second kappa shape index (κ2) is 13.3. The van der Waals surface area contributed by atoms with Gasteiger partial charge >= 0.3 is 13.7 Å². The SMILES string of the molecule is C[C@H](NP(=O)(OC[C@H]1O[C@@H](n2c(Cl)nc3c(N)ncnc32)[C@@H]2OC(C)(C)O[C@@H]21)Oc1cccc2ccccc12)C(=O)OCc1ccccc1. The molecule has 2 aliphatic rings. The van der Waals surface area contributed by atoms with Crippen molar-refractivity contribution in [3.8, 4) is 5.75 Å². The number of anilines is 1. The number of fused-ring (bicyclic) bond motifs is 3. The molecule has 1 unspecified atom stereocenters. The molecule has 0 bridgehead atoms. The lowest BCUT2D eigenvalue weighted by molar-refractivity contribution is -0.199. The van der Waals surface area contributed by atoms with E-state index in [1.54, 1.807) is 30.5 Å². The largest absolute Gasteiger partial charge is 0.460 e. The van der Waals surface area contributed by atoms with Gasteiger partial charge in [-0.2, -0.15) is 5.09 Å². The van der Waals surface area contributed by atoms with Crippen molar-refractivity contribution >= 4 is 53.1 Å². The van der Waals surface area contributed by atoms with Gasteiger partial charge in [0.1, 0.15) is 43.0 Å². The molecule has 3 aromatic carbocycles. The van der Waals surface area contributed by atoms with Crippen molar-refractivity contribution in [3.63, 3.8) is 0 Å². The zero-order chi connectivity index (χ0) is 34.3. The van der Waals surface area contributed by atoms with Crippen LogP contribution < -0.4 is 15.3 Å². The number of nitrogens with zero attached hydrogens (tertiary/aromatic N) is 4. The van der Waals surface area contributed by atoms with Gasteiger partial charge in [0, 0.05) is 5.39 Å². The highest BCUT2D eigenvalue weighted by Crippen LogP contribution is 2.50. The molecule has 0 amide bonds. The molecule has 6 atom stereocenters. The zero-order valence-corrected chi connectivity index (χ0v) is 28.4. The molecule has 4 heterocycles. The molecule has 49 heavy (non-hydrogen) atoms. The summed E-state index contributed by atoms with van der Waals surface area (Å²) in [6.07, 6.45) is -1.78. The third-order valence-electron chi connectivity index (χ3n) is 8.15. The summed E-state index contributed by atoms with van der Waals surface area (Å²) in [5, 5.41) is 4.37. The van der Waals surface area contributed by atoms with E-state index in [4.69, 9.17) is 45.3 Å². The first kappa shape index (κ1) is 33.4. The minimum atomic E-state index is -4.32. The number of benzene rings is 3. The fourth-order valence-corrected chi connectivity index (χ4v) is 7.72. The molecule has 2 saturated heterocycles. The minimum Gasteiger partial charge on any atom is -0.460 e. The van der Waals surface area contributed by atoms with Crippen LogP contribution in [0.3, 0.4) is 0 Å². The van der Waals surface area contributed by atoms with Gasteiger partial charge in [-0.1, -0.05) is 66.7 Å². The Labute approximate surface area is 286 Å². The smallest absolute Gasteiger partial charge is 0.459 e.